The van der Waals surface area contributed by atoms with Crippen molar-refractivity contribution < 1.29 is 14.3 Å². The van der Waals surface area contributed by atoms with Crippen molar-refractivity contribution in [3.05, 3.63) is 54.1 Å². The maximum absolute atomic E-state index is 12.7. The second-order valence-corrected chi connectivity index (χ2v) is 7.13. The Labute approximate surface area is 159 Å². The number of carbonyl (C=O) groups excluding carboxylic acids is 1. The second kappa shape index (κ2) is 8.39. The molecule has 1 saturated heterocycles. The Morgan fingerprint density at radius 2 is 2.30 bits per heavy atom. The quantitative estimate of drug-likeness (QED) is 0.728. The third-order valence-electron chi connectivity index (χ3n) is 4.91. The number of nitrogens with zero attached hydrogens (tertiary/aromatic N) is 2. The molecule has 2 aliphatic rings. The molecule has 1 aliphatic carbocycles. The Bertz CT molecular complexity index is 778. The van der Waals surface area contributed by atoms with Crippen LogP contribution in [-0.4, -0.2) is 46.1 Å². The molecule has 0 bridgehead atoms. The van der Waals surface area contributed by atoms with Gasteiger partial charge in [0.05, 0.1) is 24.3 Å². The first-order valence-corrected chi connectivity index (χ1v) is 9.58. The van der Waals surface area contributed by atoms with Gasteiger partial charge in [0.25, 0.3) is 0 Å². The normalized spacial score (nSPS) is 19.5. The molecule has 2 fully saturated rings. The minimum absolute atomic E-state index is 0.0257. The average molecular weight is 367 g/mol. The van der Waals surface area contributed by atoms with Crippen LogP contribution in [0.2, 0.25) is 0 Å². The van der Waals surface area contributed by atoms with E-state index in [-0.39, 0.29) is 12.0 Å². The lowest BCUT2D eigenvalue weighted by molar-refractivity contribution is -0.127. The largest absolute Gasteiger partial charge is 0.491 e. The van der Waals surface area contributed by atoms with E-state index in [0.717, 1.165) is 49.3 Å². The number of carbonyl (C=O) groups is 1. The van der Waals surface area contributed by atoms with Crippen LogP contribution in [-0.2, 0) is 16.1 Å². The number of benzene rings is 1. The molecule has 1 amide bonds. The molecule has 1 saturated carbocycles. The highest BCUT2D eigenvalue weighted by Crippen LogP contribution is 2.29. The number of hydrogen-bond acceptors (Lipinski definition) is 4. The zero-order valence-corrected chi connectivity index (χ0v) is 15.3. The fraction of sp³-hybridized carbons (Fsp3) is 0.429. The van der Waals surface area contributed by atoms with Crippen molar-refractivity contribution in [3.8, 4) is 5.75 Å². The summed E-state index contributed by atoms with van der Waals surface area (Å²) in [4.78, 5) is 21.5. The van der Waals surface area contributed by atoms with Crippen LogP contribution in [0.3, 0.4) is 0 Å². The van der Waals surface area contributed by atoms with Gasteiger partial charge in [-0.3, -0.25) is 4.79 Å². The number of H-pyrrole nitrogens is 1. The molecule has 1 atom stereocenters. The van der Waals surface area contributed by atoms with E-state index < -0.39 is 0 Å². The smallest absolute Gasteiger partial charge is 0.247 e. The summed E-state index contributed by atoms with van der Waals surface area (Å²) in [7, 11) is 0. The van der Waals surface area contributed by atoms with Crippen molar-refractivity contribution in [1.29, 1.82) is 0 Å². The Morgan fingerprint density at radius 1 is 1.37 bits per heavy atom. The molecule has 4 rings (SSSR count). The van der Waals surface area contributed by atoms with Crippen LogP contribution in [0.4, 0.5) is 0 Å². The number of aromatic nitrogens is 2. The molecule has 6 nitrogen and oxygen atoms in total. The van der Waals surface area contributed by atoms with Gasteiger partial charge in [-0.1, -0.05) is 12.1 Å². The molecular formula is C21H25N3O3. The molecule has 27 heavy (non-hydrogen) atoms. The number of aromatic amines is 1. The summed E-state index contributed by atoms with van der Waals surface area (Å²) in [6.07, 6.45) is 11.2. The summed E-state index contributed by atoms with van der Waals surface area (Å²) in [6.45, 7) is 2.01. The first kappa shape index (κ1) is 17.8. The van der Waals surface area contributed by atoms with Gasteiger partial charge < -0.3 is 19.4 Å². The van der Waals surface area contributed by atoms with Crippen molar-refractivity contribution in [2.75, 3.05) is 13.2 Å². The average Bonchev–Trinajstić information content (AvgIpc) is 3.16. The van der Waals surface area contributed by atoms with Crippen LogP contribution in [0.1, 0.15) is 36.9 Å². The van der Waals surface area contributed by atoms with Crippen LogP contribution in [0, 0.1) is 0 Å². The molecule has 2 heterocycles. The number of imidazole rings is 1. The van der Waals surface area contributed by atoms with Crippen molar-refractivity contribution >= 4 is 12.0 Å². The first-order valence-electron chi connectivity index (χ1n) is 9.58. The van der Waals surface area contributed by atoms with E-state index in [1.54, 1.807) is 24.7 Å². The van der Waals surface area contributed by atoms with Gasteiger partial charge >= 0.3 is 0 Å². The first-order chi connectivity index (χ1) is 13.3. The van der Waals surface area contributed by atoms with Crippen LogP contribution in [0.5, 0.6) is 5.75 Å². The van der Waals surface area contributed by atoms with Gasteiger partial charge in [0.2, 0.25) is 5.91 Å². The summed E-state index contributed by atoms with van der Waals surface area (Å²) in [5, 5.41) is 0. The predicted molar refractivity (Wildman–Crippen MR) is 102 cm³/mol. The fourth-order valence-corrected chi connectivity index (χ4v) is 3.28. The lowest BCUT2D eigenvalue weighted by Crippen LogP contribution is -2.31. The van der Waals surface area contributed by atoms with E-state index in [0.29, 0.717) is 19.2 Å². The maximum atomic E-state index is 12.7. The van der Waals surface area contributed by atoms with E-state index in [2.05, 4.69) is 9.97 Å². The number of amides is 1. The molecule has 1 aromatic heterocycles. The topological polar surface area (TPSA) is 67.5 Å². The maximum Gasteiger partial charge on any atom is 0.247 e. The van der Waals surface area contributed by atoms with Crippen LogP contribution >= 0.6 is 0 Å². The predicted octanol–water partition coefficient (Wildman–Crippen LogP) is 3.17. The highest BCUT2D eigenvalue weighted by atomic mass is 16.5. The zero-order chi connectivity index (χ0) is 18.5. The highest BCUT2D eigenvalue weighted by Gasteiger charge is 2.31. The summed E-state index contributed by atoms with van der Waals surface area (Å²) >= 11 is 0. The molecular weight excluding hydrogens is 342 g/mol. The Morgan fingerprint density at radius 3 is 3.04 bits per heavy atom. The Kier molecular flexibility index (Phi) is 5.53. The van der Waals surface area contributed by atoms with Gasteiger partial charge in [0.15, 0.2) is 0 Å². The zero-order valence-electron chi connectivity index (χ0n) is 15.3. The SMILES string of the molecule is O=C(C=Cc1cnc[nH]1)N(Cc1cccc(OCC2CCCO2)c1)C1CC1. The van der Waals surface area contributed by atoms with Crippen LogP contribution < -0.4 is 4.74 Å². The van der Waals surface area contributed by atoms with Crippen molar-refractivity contribution in [2.24, 2.45) is 0 Å². The summed E-state index contributed by atoms with van der Waals surface area (Å²) in [6, 6.07) is 8.34. The highest BCUT2D eigenvalue weighted by molar-refractivity contribution is 5.91. The van der Waals surface area contributed by atoms with Crippen LogP contribution in [0.15, 0.2) is 42.9 Å². The number of hydrogen-bond donors (Lipinski definition) is 1. The number of rotatable bonds is 8. The molecule has 6 heteroatoms. The monoisotopic (exact) mass is 367 g/mol. The minimum Gasteiger partial charge on any atom is -0.491 e. The summed E-state index contributed by atoms with van der Waals surface area (Å²) in [5.41, 5.74) is 1.90. The van der Waals surface area contributed by atoms with E-state index >= 15 is 0 Å². The van der Waals surface area contributed by atoms with Gasteiger partial charge in [-0.05, 0) is 49.5 Å². The minimum atomic E-state index is 0.0257. The van der Waals surface area contributed by atoms with E-state index in [1.165, 1.54) is 0 Å². The third kappa shape index (κ3) is 4.98. The van der Waals surface area contributed by atoms with E-state index in [9.17, 15) is 4.79 Å². The lowest BCUT2D eigenvalue weighted by Gasteiger charge is -2.21. The summed E-state index contributed by atoms with van der Waals surface area (Å²) in [5.74, 6) is 0.858. The molecule has 142 valence electrons. The standard InChI is InChI=1S/C21H25N3O3/c25-21(9-6-17-12-22-15-23-17)24(18-7-8-18)13-16-3-1-4-19(11-16)27-14-20-5-2-10-26-20/h1,3-4,6,9,11-12,15,18,20H,2,5,7-8,10,13-14H2,(H,22,23). The Hall–Kier alpha value is -2.60. The van der Waals surface area contributed by atoms with Crippen molar-refractivity contribution in [2.45, 2.75) is 44.4 Å². The number of nitrogens with one attached hydrogen (secondary N) is 1. The molecule has 1 aliphatic heterocycles. The molecule has 0 spiro atoms. The molecule has 2 aromatic rings. The third-order valence-corrected chi connectivity index (χ3v) is 4.91. The van der Waals surface area contributed by atoms with Gasteiger partial charge in [-0.15, -0.1) is 0 Å². The van der Waals surface area contributed by atoms with Crippen molar-refractivity contribution in [3.63, 3.8) is 0 Å². The Balaban J connectivity index is 1.38. The van der Waals surface area contributed by atoms with Crippen molar-refractivity contribution in [1.82, 2.24) is 14.9 Å². The van der Waals surface area contributed by atoms with Gasteiger partial charge in [0.1, 0.15) is 12.4 Å². The molecule has 1 N–H and O–H groups in total. The summed E-state index contributed by atoms with van der Waals surface area (Å²) < 4.78 is 11.5. The van der Waals surface area contributed by atoms with E-state index in [4.69, 9.17) is 9.47 Å². The van der Waals surface area contributed by atoms with Crippen LogP contribution in [0.25, 0.3) is 6.08 Å². The second-order valence-electron chi connectivity index (χ2n) is 7.13. The molecule has 1 aromatic carbocycles. The van der Waals surface area contributed by atoms with Gasteiger partial charge in [-0.25, -0.2) is 4.98 Å². The van der Waals surface area contributed by atoms with E-state index in [1.807, 2.05) is 29.2 Å². The van der Waals surface area contributed by atoms with Gasteiger partial charge in [0, 0.05) is 25.3 Å². The van der Waals surface area contributed by atoms with Gasteiger partial charge in [-0.2, -0.15) is 0 Å². The molecule has 0 radical (unpaired) electrons. The number of ether oxygens (including phenoxy) is 2. The molecule has 1 unspecified atom stereocenters. The lowest BCUT2D eigenvalue weighted by atomic mass is 10.2. The fourth-order valence-electron chi connectivity index (χ4n) is 3.28.